The van der Waals surface area contributed by atoms with E-state index in [2.05, 4.69) is 5.10 Å². The second-order valence-corrected chi connectivity index (χ2v) is 3.90. The third-order valence-electron chi connectivity index (χ3n) is 2.95. The molecule has 1 heterocycles. The summed E-state index contributed by atoms with van der Waals surface area (Å²) < 4.78 is 1.88. The van der Waals surface area contributed by atoms with E-state index in [0.717, 1.165) is 18.5 Å². The van der Waals surface area contributed by atoms with Crippen LogP contribution in [0.2, 0.25) is 0 Å². The summed E-state index contributed by atoms with van der Waals surface area (Å²) >= 11 is 0. The van der Waals surface area contributed by atoms with E-state index >= 15 is 0 Å². The zero-order chi connectivity index (χ0) is 10.3. The predicted octanol–water partition coefficient (Wildman–Crippen LogP) is 1.23. The number of nitrogens with zero attached hydrogens (tertiary/aromatic N) is 2. The Morgan fingerprint density at radius 3 is 3.07 bits per heavy atom. The minimum absolute atomic E-state index is 0.177. The average molecular weight is 194 g/mol. The number of carboxylic acids is 1. The van der Waals surface area contributed by atoms with Gasteiger partial charge in [0.25, 0.3) is 0 Å². The van der Waals surface area contributed by atoms with Crippen LogP contribution in [-0.4, -0.2) is 20.9 Å². The molecule has 76 valence electrons. The number of carbonyl (C=O) groups is 1. The molecule has 2 rings (SSSR count). The number of hydrogen-bond acceptors (Lipinski definition) is 2. The van der Waals surface area contributed by atoms with Crippen molar-refractivity contribution in [3.05, 3.63) is 17.0 Å². The van der Waals surface area contributed by atoms with Gasteiger partial charge >= 0.3 is 5.97 Å². The summed E-state index contributed by atoms with van der Waals surface area (Å²) in [6.45, 7) is 1.96. The molecule has 0 amide bonds. The normalized spacial score (nSPS) is 19.7. The summed E-state index contributed by atoms with van der Waals surface area (Å²) in [7, 11) is 1.93. The van der Waals surface area contributed by atoms with E-state index in [4.69, 9.17) is 5.11 Å². The first kappa shape index (κ1) is 9.24. The van der Waals surface area contributed by atoms with Crippen molar-refractivity contribution < 1.29 is 9.90 Å². The third-order valence-corrected chi connectivity index (χ3v) is 2.95. The van der Waals surface area contributed by atoms with Gasteiger partial charge in [-0.25, -0.2) is 0 Å². The van der Waals surface area contributed by atoms with Gasteiger partial charge in [0.1, 0.15) is 0 Å². The van der Waals surface area contributed by atoms with Crippen LogP contribution in [0.5, 0.6) is 0 Å². The van der Waals surface area contributed by atoms with E-state index < -0.39 is 5.97 Å². The summed E-state index contributed by atoms with van der Waals surface area (Å²) in [4.78, 5) is 10.7. The van der Waals surface area contributed by atoms with Crippen LogP contribution in [-0.2, 0) is 18.3 Å². The largest absolute Gasteiger partial charge is 0.481 e. The molecule has 1 unspecified atom stereocenters. The summed E-state index contributed by atoms with van der Waals surface area (Å²) in [5.74, 6) is -0.540. The van der Waals surface area contributed by atoms with Crippen molar-refractivity contribution in [2.24, 2.45) is 7.05 Å². The smallest absolute Gasteiger partial charge is 0.303 e. The quantitative estimate of drug-likeness (QED) is 0.770. The van der Waals surface area contributed by atoms with Gasteiger partial charge in [-0.1, -0.05) is 0 Å². The van der Waals surface area contributed by atoms with Gasteiger partial charge in [-0.2, -0.15) is 5.10 Å². The fraction of sp³-hybridized carbons (Fsp3) is 0.600. The molecule has 0 saturated heterocycles. The highest BCUT2D eigenvalue weighted by Gasteiger charge is 2.29. The molecule has 1 aliphatic rings. The Bertz CT molecular complexity index is 382. The predicted molar refractivity (Wildman–Crippen MR) is 51.3 cm³/mol. The molecule has 4 heteroatoms. The van der Waals surface area contributed by atoms with Gasteiger partial charge in [-0.3, -0.25) is 9.48 Å². The summed E-state index contributed by atoms with van der Waals surface area (Å²) in [6.07, 6.45) is 2.15. The van der Waals surface area contributed by atoms with E-state index in [1.807, 2.05) is 18.7 Å². The molecule has 0 saturated carbocycles. The van der Waals surface area contributed by atoms with Crippen LogP contribution in [0, 0.1) is 6.92 Å². The minimum atomic E-state index is -0.717. The van der Waals surface area contributed by atoms with E-state index in [1.165, 1.54) is 11.3 Å². The molecule has 1 aliphatic carbocycles. The molecule has 1 atom stereocenters. The Labute approximate surface area is 82.5 Å². The topological polar surface area (TPSA) is 55.1 Å². The van der Waals surface area contributed by atoms with Crippen LogP contribution < -0.4 is 0 Å². The standard InChI is InChI=1S/C10H14N2O2/c1-6-10-7(5-9(13)14)3-4-8(10)12(2)11-6/h7H,3-5H2,1-2H3,(H,13,14). The molecule has 0 bridgehead atoms. The molecule has 0 aliphatic heterocycles. The van der Waals surface area contributed by atoms with Crippen molar-refractivity contribution in [3.8, 4) is 0 Å². The SMILES string of the molecule is Cc1nn(C)c2c1C(CC(=O)O)CC2. The molecule has 1 N–H and O–H groups in total. The fourth-order valence-electron chi connectivity index (χ4n) is 2.42. The van der Waals surface area contributed by atoms with E-state index in [-0.39, 0.29) is 12.3 Å². The molecule has 0 fully saturated rings. The molecule has 0 radical (unpaired) electrons. The van der Waals surface area contributed by atoms with Gasteiger partial charge < -0.3 is 5.11 Å². The lowest BCUT2D eigenvalue weighted by Crippen LogP contribution is -2.03. The zero-order valence-corrected chi connectivity index (χ0v) is 8.45. The molecular formula is C10H14N2O2. The maximum Gasteiger partial charge on any atom is 0.303 e. The highest BCUT2D eigenvalue weighted by molar-refractivity contribution is 5.68. The molecule has 0 aromatic carbocycles. The fourth-order valence-corrected chi connectivity index (χ4v) is 2.42. The molecule has 0 spiro atoms. The summed E-state index contributed by atoms with van der Waals surface area (Å²) in [5, 5.41) is 13.1. The highest BCUT2D eigenvalue weighted by atomic mass is 16.4. The number of aromatic nitrogens is 2. The van der Waals surface area contributed by atoms with Gasteiger partial charge in [0, 0.05) is 12.7 Å². The highest BCUT2D eigenvalue weighted by Crippen LogP contribution is 2.37. The molecule has 1 aromatic heterocycles. The van der Waals surface area contributed by atoms with Gasteiger partial charge in [0.2, 0.25) is 0 Å². The lowest BCUT2D eigenvalue weighted by molar-refractivity contribution is -0.137. The van der Waals surface area contributed by atoms with Crippen LogP contribution in [0.25, 0.3) is 0 Å². The molecule has 14 heavy (non-hydrogen) atoms. The van der Waals surface area contributed by atoms with Crippen LogP contribution in [0.15, 0.2) is 0 Å². The van der Waals surface area contributed by atoms with Crippen molar-refractivity contribution in [3.63, 3.8) is 0 Å². The van der Waals surface area contributed by atoms with Crippen LogP contribution in [0.1, 0.15) is 35.7 Å². The Kier molecular flexibility index (Phi) is 2.06. The van der Waals surface area contributed by atoms with Gasteiger partial charge in [0.15, 0.2) is 0 Å². The maximum absolute atomic E-state index is 10.7. The maximum atomic E-state index is 10.7. The number of aliphatic carboxylic acids is 1. The first-order valence-electron chi connectivity index (χ1n) is 4.83. The van der Waals surface area contributed by atoms with Crippen LogP contribution >= 0.6 is 0 Å². The minimum Gasteiger partial charge on any atom is -0.481 e. The van der Waals surface area contributed by atoms with E-state index in [0.29, 0.717) is 0 Å². The molecule has 1 aromatic rings. The molecule has 4 nitrogen and oxygen atoms in total. The first-order chi connectivity index (χ1) is 6.59. The average Bonchev–Trinajstić information content (AvgIpc) is 2.56. The number of fused-ring (bicyclic) bond motifs is 1. The Balaban J connectivity index is 2.33. The number of carboxylic acid groups (broad SMARTS) is 1. The lowest BCUT2D eigenvalue weighted by Gasteiger charge is -2.06. The van der Waals surface area contributed by atoms with Crippen molar-refractivity contribution >= 4 is 5.97 Å². The monoisotopic (exact) mass is 194 g/mol. The van der Waals surface area contributed by atoms with Crippen molar-refractivity contribution in [2.75, 3.05) is 0 Å². The van der Waals surface area contributed by atoms with E-state index in [1.54, 1.807) is 0 Å². The number of aryl methyl sites for hydroxylation is 2. The van der Waals surface area contributed by atoms with Crippen LogP contribution in [0.4, 0.5) is 0 Å². The second kappa shape index (κ2) is 3.12. The number of rotatable bonds is 2. The second-order valence-electron chi connectivity index (χ2n) is 3.90. The Morgan fingerprint density at radius 2 is 2.43 bits per heavy atom. The number of hydrogen-bond donors (Lipinski definition) is 1. The Morgan fingerprint density at radius 1 is 1.71 bits per heavy atom. The Hall–Kier alpha value is -1.32. The van der Waals surface area contributed by atoms with Crippen molar-refractivity contribution in [1.29, 1.82) is 0 Å². The van der Waals surface area contributed by atoms with Gasteiger partial charge in [-0.05, 0) is 31.2 Å². The van der Waals surface area contributed by atoms with Gasteiger partial charge in [-0.15, -0.1) is 0 Å². The van der Waals surface area contributed by atoms with Gasteiger partial charge in [0.05, 0.1) is 12.1 Å². The molecular weight excluding hydrogens is 180 g/mol. The van der Waals surface area contributed by atoms with E-state index in [9.17, 15) is 4.79 Å². The third kappa shape index (κ3) is 1.31. The lowest BCUT2D eigenvalue weighted by atomic mass is 9.98. The van der Waals surface area contributed by atoms with Crippen molar-refractivity contribution in [2.45, 2.75) is 32.1 Å². The van der Waals surface area contributed by atoms with Crippen LogP contribution in [0.3, 0.4) is 0 Å². The zero-order valence-electron chi connectivity index (χ0n) is 8.45. The first-order valence-corrected chi connectivity index (χ1v) is 4.83. The summed E-state index contributed by atoms with van der Waals surface area (Å²) in [6, 6.07) is 0. The van der Waals surface area contributed by atoms with Crippen molar-refractivity contribution in [1.82, 2.24) is 9.78 Å². The summed E-state index contributed by atoms with van der Waals surface area (Å²) in [5.41, 5.74) is 3.38.